The molecule has 0 radical (unpaired) electrons. The van der Waals surface area contributed by atoms with Crippen LogP contribution in [0.2, 0.25) is 0 Å². The van der Waals surface area contributed by atoms with E-state index in [1.54, 1.807) is 0 Å². The van der Waals surface area contributed by atoms with Gasteiger partial charge in [0.25, 0.3) is 0 Å². The third-order valence-corrected chi connectivity index (χ3v) is 4.31. The van der Waals surface area contributed by atoms with Crippen LogP contribution in [0, 0.1) is 20.8 Å². The Bertz CT molecular complexity index is 591. The summed E-state index contributed by atoms with van der Waals surface area (Å²) in [5.41, 5.74) is 9.10. The largest absolute Gasteiger partial charge is 0.271 e. The molecule has 0 fully saturated rings. The van der Waals surface area contributed by atoms with Crippen molar-refractivity contribution in [3.8, 4) is 0 Å². The number of aryl methyl sites for hydroxylation is 2. The molecule has 3 N–H and O–H groups in total. The summed E-state index contributed by atoms with van der Waals surface area (Å²) in [5, 5.41) is 0. The number of benzene rings is 2. The lowest BCUT2D eigenvalue weighted by atomic mass is 9.92. The zero-order valence-corrected chi connectivity index (χ0v) is 13.1. The highest BCUT2D eigenvalue weighted by atomic mass is 79.9. The van der Waals surface area contributed by atoms with Gasteiger partial charge in [0, 0.05) is 4.47 Å². The predicted molar refractivity (Wildman–Crippen MR) is 84.0 cm³/mol. The molecule has 2 rings (SSSR count). The van der Waals surface area contributed by atoms with E-state index in [-0.39, 0.29) is 6.04 Å². The van der Waals surface area contributed by atoms with Gasteiger partial charge in [-0.05, 0) is 49.1 Å². The minimum Gasteiger partial charge on any atom is -0.271 e. The van der Waals surface area contributed by atoms with Crippen LogP contribution < -0.4 is 11.3 Å². The minimum absolute atomic E-state index is 0.00539. The molecule has 1 unspecified atom stereocenters. The van der Waals surface area contributed by atoms with Crippen molar-refractivity contribution in [2.75, 3.05) is 0 Å². The molecule has 0 bridgehead atoms. The summed E-state index contributed by atoms with van der Waals surface area (Å²) in [5.74, 6) is 5.80. The van der Waals surface area contributed by atoms with Crippen LogP contribution in [0.4, 0.5) is 0 Å². The fourth-order valence-electron chi connectivity index (χ4n) is 2.32. The van der Waals surface area contributed by atoms with Crippen molar-refractivity contribution >= 4 is 15.9 Å². The van der Waals surface area contributed by atoms with E-state index in [2.05, 4.69) is 78.5 Å². The van der Waals surface area contributed by atoms with Gasteiger partial charge in [0.2, 0.25) is 0 Å². The minimum atomic E-state index is -0.00539. The average molecular weight is 319 g/mol. The van der Waals surface area contributed by atoms with Crippen molar-refractivity contribution in [1.29, 1.82) is 0 Å². The molecule has 0 amide bonds. The molecule has 100 valence electrons. The lowest BCUT2D eigenvalue weighted by Crippen LogP contribution is -2.29. The van der Waals surface area contributed by atoms with Gasteiger partial charge in [-0.15, -0.1) is 0 Å². The molecule has 1 atom stereocenters. The first-order valence-electron chi connectivity index (χ1n) is 6.33. The maximum absolute atomic E-state index is 5.80. The molecule has 19 heavy (non-hydrogen) atoms. The molecule has 0 saturated heterocycles. The van der Waals surface area contributed by atoms with Crippen molar-refractivity contribution in [2.45, 2.75) is 26.8 Å². The van der Waals surface area contributed by atoms with Gasteiger partial charge in [-0.3, -0.25) is 5.84 Å². The molecule has 0 aliphatic carbocycles. The Kier molecular flexibility index (Phi) is 4.40. The molecule has 0 aliphatic heterocycles. The van der Waals surface area contributed by atoms with E-state index in [9.17, 15) is 0 Å². The molecule has 0 heterocycles. The number of nitrogens with one attached hydrogen (secondary N) is 1. The third kappa shape index (κ3) is 2.89. The standard InChI is InChI=1S/C16H19BrN2/c1-10-7-8-15(17)14(9-10)16(19-18)13-6-4-5-11(2)12(13)3/h4-9,16,19H,18H2,1-3H3. The summed E-state index contributed by atoms with van der Waals surface area (Å²) in [6, 6.07) is 12.6. The topological polar surface area (TPSA) is 38.0 Å². The fraction of sp³-hybridized carbons (Fsp3) is 0.250. The second-order valence-electron chi connectivity index (χ2n) is 4.91. The third-order valence-electron chi connectivity index (χ3n) is 3.59. The van der Waals surface area contributed by atoms with Crippen LogP contribution in [-0.4, -0.2) is 0 Å². The molecular weight excluding hydrogens is 300 g/mol. The lowest BCUT2D eigenvalue weighted by molar-refractivity contribution is 0.630. The first-order valence-corrected chi connectivity index (χ1v) is 7.12. The number of hydrogen-bond donors (Lipinski definition) is 2. The van der Waals surface area contributed by atoms with Gasteiger partial charge in [-0.1, -0.05) is 51.8 Å². The number of halogens is 1. The first kappa shape index (κ1) is 14.3. The van der Waals surface area contributed by atoms with Gasteiger partial charge < -0.3 is 0 Å². The average Bonchev–Trinajstić information content (AvgIpc) is 2.39. The molecule has 3 heteroatoms. The predicted octanol–water partition coefficient (Wildman–Crippen LogP) is 3.93. The van der Waals surface area contributed by atoms with E-state index in [4.69, 9.17) is 5.84 Å². The molecule has 0 saturated carbocycles. The zero-order valence-electron chi connectivity index (χ0n) is 11.5. The normalized spacial score (nSPS) is 12.5. The van der Waals surface area contributed by atoms with Crippen LogP contribution in [-0.2, 0) is 0 Å². The summed E-state index contributed by atoms with van der Waals surface area (Å²) >= 11 is 3.62. The highest BCUT2D eigenvalue weighted by Gasteiger charge is 2.17. The van der Waals surface area contributed by atoms with Crippen molar-refractivity contribution < 1.29 is 0 Å². The Morgan fingerprint density at radius 1 is 1.05 bits per heavy atom. The van der Waals surface area contributed by atoms with Gasteiger partial charge in [0.15, 0.2) is 0 Å². The summed E-state index contributed by atoms with van der Waals surface area (Å²) in [6.45, 7) is 6.35. The second-order valence-corrected chi connectivity index (χ2v) is 5.77. The smallest absolute Gasteiger partial charge is 0.0723 e. The molecule has 2 nitrogen and oxygen atoms in total. The molecule has 0 spiro atoms. The maximum Gasteiger partial charge on any atom is 0.0723 e. The molecule has 0 aliphatic rings. The van der Waals surface area contributed by atoms with Crippen LogP contribution in [0.3, 0.4) is 0 Å². The van der Waals surface area contributed by atoms with E-state index < -0.39 is 0 Å². The van der Waals surface area contributed by atoms with E-state index in [1.807, 2.05) is 0 Å². The number of hydrogen-bond acceptors (Lipinski definition) is 2. The molecule has 2 aromatic rings. The Labute approximate surface area is 123 Å². The summed E-state index contributed by atoms with van der Waals surface area (Å²) < 4.78 is 1.07. The van der Waals surface area contributed by atoms with Crippen LogP contribution in [0.5, 0.6) is 0 Å². The number of hydrazine groups is 1. The zero-order chi connectivity index (χ0) is 14.0. The second kappa shape index (κ2) is 5.87. The van der Waals surface area contributed by atoms with Crippen LogP contribution in [0.25, 0.3) is 0 Å². The maximum atomic E-state index is 5.80. The van der Waals surface area contributed by atoms with Crippen LogP contribution in [0.15, 0.2) is 40.9 Å². The van der Waals surface area contributed by atoms with E-state index in [0.29, 0.717) is 0 Å². The van der Waals surface area contributed by atoms with Crippen molar-refractivity contribution in [1.82, 2.24) is 5.43 Å². The monoisotopic (exact) mass is 318 g/mol. The van der Waals surface area contributed by atoms with E-state index >= 15 is 0 Å². The van der Waals surface area contributed by atoms with Gasteiger partial charge in [-0.2, -0.15) is 0 Å². The Morgan fingerprint density at radius 2 is 1.79 bits per heavy atom. The summed E-state index contributed by atoms with van der Waals surface area (Å²) in [4.78, 5) is 0. The summed E-state index contributed by atoms with van der Waals surface area (Å²) in [7, 11) is 0. The molecule has 2 aromatic carbocycles. The van der Waals surface area contributed by atoms with Gasteiger partial charge in [0.1, 0.15) is 0 Å². The first-order chi connectivity index (χ1) is 9.04. The van der Waals surface area contributed by atoms with Gasteiger partial charge >= 0.3 is 0 Å². The van der Waals surface area contributed by atoms with Crippen molar-refractivity contribution in [3.63, 3.8) is 0 Å². The van der Waals surface area contributed by atoms with Crippen LogP contribution in [0.1, 0.15) is 33.9 Å². The van der Waals surface area contributed by atoms with Crippen LogP contribution >= 0.6 is 15.9 Å². The molecular formula is C16H19BrN2. The number of nitrogens with two attached hydrogens (primary N) is 1. The van der Waals surface area contributed by atoms with E-state index in [1.165, 1.54) is 22.3 Å². The SMILES string of the molecule is Cc1ccc(Br)c(C(NN)c2cccc(C)c2C)c1. The quantitative estimate of drug-likeness (QED) is 0.664. The lowest BCUT2D eigenvalue weighted by Gasteiger charge is -2.21. The highest BCUT2D eigenvalue weighted by molar-refractivity contribution is 9.10. The summed E-state index contributed by atoms with van der Waals surface area (Å²) in [6.07, 6.45) is 0. The Morgan fingerprint density at radius 3 is 2.47 bits per heavy atom. The molecule has 0 aromatic heterocycles. The van der Waals surface area contributed by atoms with Gasteiger partial charge in [-0.25, -0.2) is 5.43 Å². The number of rotatable bonds is 3. The Balaban J connectivity index is 2.56. The fourth-order valence-corrected chi connectivity index (χ4v) is 2.79. The van der Waals surface area contributed by atoms with Crippen molar-refractivity contribution in [2.24, 2.45) is 5.84 Å². The highest BCUT2D eigenvalue weighted by Crippen LogP contribution is 2.31. The van der Waals surface area contributed by atoms with E-state index in [0.717, 1.165) is 10.0 Å². The van der Waals surface area contributed by atoms with Crippen molar-refractivity contribution in [3.05, 3.63) is 68.7 Å². The Hall–Kier alpha value is -1.16. The van der Waals surface area contributed by atoms with Gasteiger partial charge in [0.05, 0.1) is 6.04 Å².